The highest BCUT2D eigenvalue weighted by molar-refractivity contribution is 5.92. The Balaban J connectivity index is 1.33. The number of nitrogens with one attached hydrogen (secondary N) is 1. The van der Waals surface area contributed by atoms with Gasteiger partial charge in [0.05, 0.1) is 19.3 Å². The Morgan fingerprint density at radius 3 is 2.61 bits per heavy atom. The van der Waals surface area contributed by atoms with Crippen molar-refractivity contribution >= 4 is 5.91 Å². The predicted octanol–water partition coefficient (Wildman–Crippen LogP) is 2.63. The number of carbonyl (C=O) groups excluding carboxylic acids is 1. The van der Waals surface area contributed by atoms with E-state index < -0.39 is 0 Å². The second-order valence-electron chi connectivity index (χ2n) is 8.02. The van der Waals surface area contributed by atoms with Crippen LogP contribution in [0.25, 0.3) is 0 Å². The molecule has 1 amide bonds. The van der Waals surface area contributed by atoms with Crippen LogP contribution in [0.4, 0.5) is 0 Å². The second-order valence-corrected chi connectivity index (χ2v) is 8.02. The van der Waals surface area contributed by atoms with E-state index in [1.807, 2.05) is 4.68 Å². The number of rotatable bonds is 6. The third kappa shape index (κ3) is 4.04. The minimum absolute atomic E-state index is 0.100. The highest BCUT2D eigenvalue weighted by Gasteiger charge is 2.26. The zero-order valence-corrected chi connectivity index (χ0v) is 16.9. The molecule has 28 heavy (non-hydrogen) atoms. The van der Waals surface area contributed by atoms with Crippen molar-refractivity contribution in [1.82, 2.24) is 25.2 Å². The molecule has 4 rings (SSSR count). The highest BCUT2D eigenvalue weighted by atomic mass is 16.5. The molecule has 7 nitrogen and oxygen atoms in total. The first-order valence-corrected chi connectivity index (χ1v) is 10.1. The van der Waals surface area contributed by atoms with Gasteiger partial charge >= 0.3 is 0 Å². The van der Waals surface area contributed by atoms with Gasteiger partial charge in [-0.05, 0) is 62.3 Å². The predicted molar refractivity (Wildman–Crippen MR) is 107 cm³/mol. The number of hydrogen-bond donors (Lipinski definition) is 1. The Kier molecular flexibility index (Phi) is 5.35. The van der Waals surface area contributed by atoms with Crippen molar-refractivity contribution in [1.29, 1.82) is 0 Å². The Labute approximate surface area is 166 Å². The van der Waals surface area contributed by atoms with Crippen molar-refractivity contribution in [3.05, 3.63) is 40.7 Å². The lowest BCUT2D eigenvalue weighted by molar-refractivity contribution is 0.0946. The van der Waals surface area contributed by atoms with Crippen LogP contribution in [0.3, 0.4) is 0 Å². The molecule has 1 aromatic heterocycles. The highest BCUT2D eigenvalue weighted by Crippen LogP contribution is 2.27. The van der Waals surface area contributed by atoms with E-state index in [1.54, 1.807) is 13.3 Å². The van der Waals surface area contributed by atoms with Gasteiger partial charge in [0.15, 0.2) is 5.69 Å². The SMILES string of the molecule is COc1ccc(CN2CCC(n3cc(C(=O)NC4CC4)nn3)CC2)c(C)c1C. The third-order valence-corrected chi connectivity index (χ3v) is 6.05. The van der Waals surface area contributed by atoms with Crippen LogP contribution in [0.1, 0.15) is 58.9 Å². The number of aromatic nitrogens is 3. The van der Waals surface area contributed by atoms with Gasteiger partial charge in [-0.2, -0.15) is 0 Å². The van der Waals surface area contributed by atoms with Gasteiger partial charge < -0.3 is 10.1 Å². The molecule has 0 unspecified atom stereocenters. The molecule has 0 spiro atoms. The van der Waals surface area contributed by atoms with E-state index in [-0.39, 0.29) is 5.91 Å². The maximum absolute atomic E-state index is 12.1. The number of piperidine rings is 1. The summed E-state index contributed by atoms with van der Waals surface area (Å²) in [4.78, 5) is 14.6. The number of likely N-dealkylation sites (tertiary alicyclic amines) is 1. The number of ether oxygens (including phenoxy) is 1. The smallest absolute Gasteiger partial charge is 0.273 e. The summed E-state index contributed by atoms with van der Waals surface area (Å²) < 4.78 is 7.30. The maximum Gasteiger partial charge on any atom is 0.273 e. The van der Waals surface area contributed by atoms with E-state index in [4.69, 9.17) is 4.74 Å². The van der Waals surface area contributed by atoms with Crippen LogP contribution < -0.4 is 10.1 Å². The van der Waals surface area contributed by atoms with Crippen LogP contribution in [0.5, 0.6) is 5.75 Å². The van der Waals surface area contributed by atoms with Crippen molar-refractivity contribution in [3.8, 4) is 5.75 Å². The lowest BCUT2D eigenvalue weighted by atomic mass is 10.00. The minimum Gasteiger partial charge on any atom is -0.496 e. The molecule has 7 heteroatoms. The Hall–Kier alpha value is -2.41. The Morgan fingerprint density at radius 2 is 1.93 bits per heavy atom. The van der Waals surface area contributed by atoms with Crippen LogP contribution >= 0.6 is 0 Å². The summed E-state index contributed by atoms with van der Waals surface area (Å²) >= 11 is 0. The molecule has 1 aromatic carbocycles. The van der Waals surface area contributed by atoms with Gasteiger partial charge in [0, 0.05) is 25.7 Å². The summed E-state index contributed by atoms with van der Waals surface area (Å²) in [5.74, 6) is 0.851. The van der Waals surface area contributed by atoms with Gasteiger partial charge in [-0.15, -0.1) is 5.10 Å². The van der Waals surface area contributed by atoms with E-state index in [1.165, 1.54) is 16.7 Å². The van der Waals surface area contributed by atoms with Crippen molar-refractivity contribution in [3.63, 3.8) is 0 Å². The molecule has 2 heterocycles. The number of nitrogens with zero attached hydrogens (tertiary/aromatic N) is 4. The molecule has 150 valence electrons. The monoisotopic (exact) mass is 383 g/mol. The molecular weight excluding hydrogens is 354 g/mol. The number of hydrogen-bond acceptors (Lipinski definition) is 5. The standard InChI is InChI=1S/C21H29N5O2/c1-14-15(2)20(28-3)7-4-16(14)12-25-10-8-18(9-11-25)26-13-19(23-24-26)21(27)22-17-5-6-17/h4,7,13,17-18H,5-6,8-12H2,1-3H3,(H,22,27). The Bertz CT molecular complexity index is 850. The molecule has 1 aliphatic heterocycles. The molecule has 1 N–H and O–H groups in total. The minimum atomic E-state index is -0.100. The van der Waals surface area contributed by atoms with Crippen LogP contribution in [0, 0.1) is 13.8 Å². The molecule has 2 fully saturated rings. The molecule has 2 aliphatic rings. The molecule has 0 radical (unpaired) electrons. The maximum atomic E-state index is 12.1. The van der Waals surface area contributed by atoms with Gasteiger partial charge in [0.25, 0.3) is 5.91 Å². The first-order chi connectivity index (χ1) is 13.5. The summed E-state index contributed by atoms with van der Waals surface area (Å²) in [5.41, 5.74) is 4.31. The fourth-order valence-electron chi connectivity index (χ4n) is 3.87. The van der Waals surface area contributed by atoms with Crippen molar-refractivity contribution in [2.75, 3.05) is 20.2 Å². The molecule has 1 saturated heterocycles. The number of benzene rings is 1. The van der Waals surface area contributed by atoms with Gasteiger partial charge in [0.1, 0.15) is 5.75 Å². The zero-order chi connectivity index (χ0) is 19.7. The summed E-state index contributed by atoms with van der Waals surface area (Å²) in [7, 11) is 1.72. The van der Waals surface area contributed by atoms with Crippen LogP contribution in [-0.4, -0.2) is 52.0 Å². The van der Waals surface area contributed by atoms with Gasteiger partial charge in [-0.25, -0.2) is 4.68 Å². The molecule has 0 bridgehead atoms. The Morgan fingerprint density at radius 1 is 1.18 bits per heavy atom. The number of methoxy groups -OCH3 is 1. The average Bonchev–Trinajstić information content (AvgIpc) is 3.38. The summed E-state index contributed by atoms with van der Waals surface area (Å²) in [6, 6.07) is 4.89. The van der Waals surface area contributed by atoms with E-state index in [9.17, 15) is 4.79 Å². The average molecular weight is 383 g/mol. The molecule has 0 atom stereocenters. The third-order valence-electron chi connectivity index (χ3n) is 6.05. The lowest BCUT2D eigenvalue weighted by Crippen LogP contribution is -2.34. The van der Waals surface area contributed by atoms with E-state index in [2.05, 4.69) is 46.5 Å². The first-order valence-electron chi connectivity index (χ1n) is 10.1. The zero-order valence-electron chi connectivity index (χ0n) is 16.9. The van der Waals surface area contributed by atoms with E-state index in [0.717, 1.165) is 51.1 Å². The fourth-order valence-corrected chi connectivity index (χ4v) is 3.87. The van der Waals surface area contributed by atoms with Gasteiger partial charge in [-0.3, -0.25) is 9.69 Å². The van der Waals surface area contributed by atoms with Crippen LogP contribution in [0.2, 0.25) is 0 Å². The largest absolute Gasteiger partial charge is 0.496 e. The quantitative estimate of drug-likeness (QED) is 0.830. The van der Waals surface area contributed by atoms with Crippen molar-refractivity contribution < 1.29 is 9.53 Å². The van der Waals surface area contributed by atoms with Crippen molar-refractivity contribution in [2.45, 2.75) is 58.2 Å². The van der Waals surface area contributed by atoms with Gasteiger partial charge in [-0.1, -0.05) is 11.3 Å². The normalized spacial score (nSPS) is 18.2. The first kappa shape index (κ1) is 18.9. The molecule has 1 aliphatic carbocycles. The van der Waals surface area contributed by atoms with E-state index in [0.29, 0.717) is 17.8 Å². The number of amides is 1. The van der Waals surface area contributed by atoms with Crippen molar-refractivity contribution in [2.24, 2.45) is 0 Å². The summed E-state index contributed by atoms with van der Waals surface area (Å²) in [6.45, 7) is 7.27. The van der Waals surface area contributed by atoms with Crippen LogP contribution in [-0.2, 0) is 6.54 Å². The molecular formula is C21H29N5O2. The summed E-state index contributed by atoms with van der Waals surface area (Å²) in [6.07, 6.45) is 5.98. The van der Waals surface area contributed by atoms with Gasteiger partial charge in [0.2, 0.25) is 0 Å². The molecule has 1 saturated carbocycles. The van der Waals surface area contributed by atoms with Crippen LogP contribution in [0.15, 0.2) is 18.3 Å². The van der Waals surface area contributed by atoms with E-state index >= 15 is 0 Å². The lowest BCUT2D eigenvalue weighted by Gasteiger charge is -2.32. The molecule has 2 aromatic rings. The topological polar surface area (TPSA) is 72.3 Å². The second kappa shape index (κ2) is 7.91. The summed E-state index contributed by atoms with van der Waals surface area (Å²) in [5, 5.41) is 11.3. The number of carbonyl (C=O) groups is 1. The fraction of sp³-hybridized carbons (Fsp3) is 0.571.